The van der Waals surface area contributed by atoms with Crippen LogP contribution in [-0.4, -0.2) is 42.3 Å². The maximum atomic E-state index is 13.2. The standard InChI is InChI=1S/C44H77NO7/c1-4-7-9-11-13-15-17-19-21-23-25-27-29-31-33-35-41(47)51-39-38-40(46)45-44(39,43(49)50-37-6-3)52-42(48)36-34-32-30-28-26-24-22-20-18-16-14-12-10-8-5-2/h19-22,39H,4-18,23-38H2,1-3H3,(H,45,46)/b21-19-,22-20-/t39?,44-/m1/s1. The summed E-state index contributed by atoms with van der Waals surface area (Å²) in [6, 6.07) is 0. The average Bonchev–Trinajstić information content (AvgIpc) is 3.44. The zero-order valence-electron chi connectivity index (χ0n) is 33.7. The monoisotopic (exact) mass is 732 g/mol. The number of carbonyl (C=O) groups is 4. The molecule has 0 aromatic heterocycles. The fourth-order valence-electron chi connectivity index (χ4n) is 6.52. The zero-order valence-corrected chi connectivity index (χ0v) is 33.7. The Labute approximate surface area is 318 Å². The summed E-state index contributed by atoms with van der Waals surface area (Å²) in [5.74, 6) is -2.57. The summed E-state index contributed by atoms with van der Waals surface area (Å²) in [5.41, 5.74) is -2.15. The first-order chi connectivity index (χ1) is 25.4. The summed E-state index contributed by atoms with van der Waals surface area (Å²) in [6.07, 6.45) is 38.4. The molecular formula is C44H77NO7. The molecule has 1 aliphatic rings. The molecule has 8 heteroatoms. The number of unbranched alkanes of at least 4 members (excludes halogenated alkanes) is 22. The molecule has 0 saturated carbocycles. The van der Waals surface area contributed by atoms with Gasteiger partial charge < -0.3 is 19.5 Å². The Hall–Kier alpha value is -2.64. The van der Waals surface area contributed by atoms with Crippen molar-refractivity contribution in [1.29, 1.82) is 0 Å². The highest BCUT2D eigenvalue weighted by molar-refractivity contribution is 5.94. The molecule has 1 saturated heterocycles. The predicted molar refractivity (Wildman–Crippen MR) is 212 cm³/mol. The van der Waals surface area contributed by atoms with Gasteiger partial charge in [0.25, 0.3) is 0 Å². The van der Waals surface area contributed by atoms with Gasteiger partial charge in [0, 0.05) is 12.8 Å². The van der Waals surface area contributed by atoms with Crippen molar-refractivity contribution in [3.05, 3.63) is 24.3 Å². The fourth-order valence-corrected chi connectivity index (χ4v) is 6.52. The number of ether oxygens (including phenoxy) is 3. The summed E-state index contributed by atoms with van der Waals surface area (Å²) < 4.78 is 16.6. The third-order valence-electron chi connectivity index (χ3n) is 9.72. The lowest BCUT2D eigenvalue weighted by Gasteiger charge is -2.31. The molecule has 1 amide bonds. The van der Waals surface area contributed by atoms with E-state index in [0.717, 1.165) is 64.2 Å². The molecule has 0 aliphatic carbocycles. The van der Waals surface area contributed by atoms with E-state index >= 15 is 0 Å². The van der Waals surface area contributed by atoms with E-state index in [1.165, 1.54) is 89.9 Å². The van der Waals surface area contributed by atoms with Crippen molar-refractivity contribution in [2.75, 3.05) is 6.61 Å². The maximum Gasteiger partial charge on any atom is 0.376 e. The second-order valence-electron chi connectivity index (χ2n) is 14.7. The van der Waals surface area contributed by atoms with E-state index in [1.54, 1.807) is 0 Å². The normalized spacial score (nSPS) is 17.2. The van der Waals surface area contributed by atoms with Crippen LogP contribution in [0, 0.1) is 0 Å². The largest absolute Gasteiger partial charge is 0.461 e. The van der Waals surface area contributed by atoms with Crippen LogP contribution < -0.4 is 5.32 Å². The van der Waals surface area contributed by atoms with E-state index in [0.29, 0.717) is 19.3 Å². The number of hydrogen-bond donors (Lipinski definition) is 1. The first-order valence-corrected chi connectivity index (χ1v) is 21.6. The van der Waals surface area contributed by atoms with E-state index in [-0.39, 0.29) is 25.9 Å². The van der Waals surface area contributed by atoms with Crippen molar-refractivity contribution in [3.63, 3.8) is 0 Å². The van der Waals surface area contributed by atoms with Crippen LogP contribution in [0.15, 0.2) is 24.3 Å². The Morgan fingerprint density at radius 1 is 0.577 bits per heavy atom. The number of rotatable bonds is 35. The number of esters is 3. The minimum Gasteiger partial charge on any atom is -0.461 e. The quantitative estimate of drug-likeness (QED) is 0.0299. The fraction of sp³-hybridized carbons (Fsp3) is 0.818. The topological polar surface area (TPSA) is 108 Å². The van der Waals surface area contributed by atoms with Gasteiger partial charge in [-0.2, -0.15) is 0 Å². The highest BCUT2D eigenvalue weighted by Crippen LogP contribution is 2.29. The third-order valence-corrected chi connectivity index (χ3v) is 9.72. The molecule has 0 aromatic carbocycles. The highest BCUT2D eigenvalue weighted by Gasteiger charge is 2.59. The van der Waals surface area contributed by atoms with Gasteiger partial charge in [-0.3, -0.25) is 14.4 Å². The molecule has 1 unspecified atom stereocenters. The van der Waals surface area contributed by atoms with E-state index in [2.05, 4.69) is 43.5 Å². The van der Waals surface area contributed by atoms with Gasteiger partial charge in [-0.05, 0) is 70.6 Å². The lowest BCUT2D eigenvalue weighted by Crippen LogP contribution is -2.60. The molecule has 0 radical (unpaired) electrons. The van der Waals surface area contributed by atoms with Crippen LogP contribution in [0.3, 0.4) is 0 Å². The molecule has 1 fully saturated rings. The molecule has 2 atom stereocenters. The van der Waals surface area contributed by atoms with Crippen LogP contribution in [0.2, 0.25) is 0 Å². The van der Waals surface area contributed by atoms with Crippen LogP contribution >= 0.6 is 0 Å². The zero-order chi connectivity index (χ0) is 38.0. The average molecular weight is 732 g/mol. The summed E-state index contributed by atoms with van der Waals surface area (Å²) >= 11 is 0. The Kier molecular flexibility index (Phi) is 30.0. The van der Waals surface area contributed by atoms with Gasteiger partial charge in [-0.1, -0.05) is 148 Å². The first kappa shape index (κ1) is 47.4. The second kappa shape index (κ2) is 33.0. The van der Waals surface area contributed by atoms with Crippen molar-refractivity contribution in [3.8, 4) is 0 Å². The SMILES string of the molecule is CCCCCCCC/C=C\CCCCCCCC(=O)OC1CC(=O)N[C@]1(OC(=O)CCCCCCC/C=C\CCCCCCCC)C(=O)OCCC. The summed E-state index contributed by atoms with van der Waals surface area (Å²) in [6.45, 7) is 6.43. The molecule has 0 aromatic rings. The van der Waals surface area contributed by atoms with Crippen LogP contribution in [0.4, 0.5) is 0 Å². The van der Waals surface area contributed by atoms with Gasteiger partial charge in [0.15, 0.2) is 6.10 Å². The molecule has 300 valence electrons. The Balaban J connectivity index is 2.36. The van der Waals surface area contributed by atoms with E-state index in [9.17, 15) is 19.2 Å². The van der Waals surface area contributed by atoms with Crippen molar-refractivity contribution < 1.29 is 33.4 Å². The van der Waals surface area contributed by atoms with Crippen LogP contribution in [0.25, 0.3) is 0 Å². The third kappa shape index (κ3) is 23.8. The molecule has 0 spiro atoms. The minimum absolute atomic E-state index is 0.0951. The molecule has 8 nitrogen and oxygen atoms in total. The Bertz CT molecular complexity index is 993. The van der Waals surface area contributed by atoms with Crippen molar-refractivity contribution in [2.45, 2.75) is 225 Å². The molecule has 1 aliphatic heterocycles. The van der Waals surface area contributed by atoms with Gasteiger partial charge in [-0.15, -0.1) is 0 Å². The number of carbonyl (C=O) groups excluding carboxylic acids is 4. The first-order valence-electron chi connectivity index (χ1n) is 21.6. The van der Waals surface area contributed by atoms with Crippen molar-refractivity contribution in [2.24, 2.45) is 0 Å². The van der Waals surface area contributed by atoms with Crippen LogP contribution in [-0.2, 0) is 33.4 Å². The molecule has 1 N–H and O–H groups in total. The highest BCUT2D eigenvalue weighted by atomic mass is 16.6. The Morgan fingerprint density at radius 2 is 0.981 bits per heavy atom. The van der Waals surface area contributed by atoms with Crippen molar-refractivity contribution >= 4 is 23.8 Å². The molecule has 0 bridgehead atoms. The van der Waals surface area contributed by atoms with Gasteiger partial charge in [0.2, 0.25) is 5.91 Å². The summed E-state index contributed by atoms with van der Waals surface area (Å²) in [7, 11) is 0. The second-order valence-corrected chi connectivity index (χ2v) is 14.7. The lowest BCUT2D eigenvalue weighted by molar-refractivity contribution is -0.203. The van der Waals surface area contributed by atoms with Crippen LogP contribution in [0.5, 0.6) is 0 Å². The molecule has 1 rings (SSSR count). The van der Waals surface area contributed by atoms with E-state index in [1.807, 2.05) is 6.92 Å². The number of nitrogens with one attached hydrogen (secondary N) is 1. The van der Waals surface area contributed by atoms with Gasteiger partial charge in [0.1, 0.15) is 0 Å². The van der Waals surface area contributed by atoms with Gasteiger partial charge in [0.05, 0.1) is 13.0 Å². The van der Waals surface area contributed by atoms with Gasteiger partial charge in [-0.25, -0.2) is 4.79 Å². The molecular weight excluding hydrogens is 654 g/mol. The number of amides is 1. The van der Waals surface area contributed by atoms with Crippen LogP contribution in [0.1, 0.15) is 213 Å². The molecule has 1 heterocycles. The smallest absolute Gasteiger partial charge is 0.376 e. The van der Waals surface area contributed by atoms with E-state index < -0.39 is 35.6 Å². The summed E-state index contributed by atoms with van der Waals surface area (Å²) in [5, 5.41) is 2.49. The van der Waals surface area contributed by atoms with Crippen molar-refractivity contribution in [1.82, 2.24) is 5.32 Å². The Morgan fingerprint density at radius 3 is 1.42 bits per heavy atom. The summed E-state index contributed by atoms with van der Waals surface area (Å²) in [4.78, 5) is 51.5. The minimum atomic E-state index is -2.15. The maximum absolute atomic E-state index is 13.2. The molecule has 52 heavy (non-hydrogen) atoms. The van der Waals surface area contributed by atoms with E-state index in [4.69, 9.17) is 14.2 Å². The lowest BCUT2D eigenvalue weighted by atomic mass is 10.1. The predicted octanol–water partition coefficient (Wildman–Crippen LogP) is 11.7. The van der Waals surface area contributed by atoms with Gasteiger partial charge >= 0.3 is 23.6 Å². The number of allylic oxidation sites excluding steroid dienone is 4. The number of hydrogen-bond acceptors (Lipinski definition) is 7.